The summed E-state index contributed by atoms with van der Waals surface area (Å²) >= 11 is 1.44. The molecule has 7 nitrogen and oxygen atoms in total. The Balaban J connectivity index is 1.39. The summed E-state index contributed by atoms with van der Waals surface area (Å²) in [6, 6.07) is 4.94. The van der Waals surface area contributed by atoms with Crippen LogP contribution in [0.15, 0.2) is 18.2 Å². The monoisotopic (exact) mass is 415 g/mol. The molecule has 152 valence electrons. The zero-order chi connectivity index (χ0) is 20.5. The molecule has 4 rings (SSSR count). The minimum absolute atomic E-state index is 0.0608. The Morgan fingerprint density at radius 1 is 1.21 bits per heavy atom. The topological polar surface area (TPSA) is 90.9 Å². The van der Waals surface area contributed by atoms with Crippen molar-refractivity contribution in [3.8, 4) is 11.5 Å². The Bertz CT molecular complexity index is 995. The molecule has 29 heavy (non-hydrogen) atoms. The number of ether oxygens (including phenoxy) is 3. The normalized spacial score (nSPS) is 16.8. The number of anilines is 1. The quantitative estimate of drug-likeness (QED) is 0.593. The highest BCUT2D eigenvalue weighted by atomic mass is 32.1. The fraction of sp³-hybridized carbons (Fsp3) is 0.381. The van der Waals surface area contributed by atoms with Crippen LogP contribution in [-0.4, -0.2) is 31.1 Å². The molecule has 1 N–H and O–H groups in total. The molecule has 1 aromatic heterocycles. The standard InChI is InChI=1S/C21H21NO6S/c1-11-3-4-18-13(5-11)6-19(29-18)21(25)26-9-20(24)22-15-8-17-16(27-10-28-17)7-14(15)12(2)23/h6-8,11H,3-5,9-10H2,1-2H3,(H,22,24)/t11-/m0/s1. The molecule has 0 radical (unpaired) electrons. The first-order valence-corrected chi connectivity index (χ1v) is 10.3. The number of hydrogen-bond acceptors (Lipinski definition) is 7. The Hall–Kier alpha value is -2.87. The van der Waals surface area contributed by atoms with E-state index in [1.165, 1.54) is 40.8 Å². The van der Waals surface area contributed by atoms with Crippen LogP contribution in [0.2, 0.25) is 0 Å². The van der Waals surface area contributed by atoms with Crippen molar-refractivity contribution in [3.05, 3.63) is 39.1 Å². The molecule has 2 aromatic rings. The summed E-state index contributed by atoms with van der Waals surface area (Å²) in [6.07, 6.45) is 3.07. The number of aryl methyl sites for hydroxylation is 1. The second kappa shape index (κ2) is 7.87. The predicted octanol–water partition coefficient (Wildman–Crippen LogP) is 3.60. The lowest BCUT2D eigenvalue weighted by molar-refractivity contribution is -0.119. The number of nitrogens with one attached hydrogen (secondary N) is 1. The third-order valence-corrected chi connectivity index (χ3v) is 6.25. The van der Waals surface area contributed by atoms with Gasteiger partial charge in [0.2, 0.25) is 6.79 Å². The van der Waals surface area contributed by atoms with Gasteiger partial charge in [0.25, 0.3) is 5.91 Å². The average molecular weight is 415 g/mol. The van der Waals surface area contributed by atoms with Gasteiger partial charge in [-0.05, 0) is 49.8 Å². The second-order valence-electron chi connectivity index (χ2n) is 7.34. The molecule has 2 heterocycles. The summed E-state index contributed by atoms with van der Waals surface area (Å²) in [7, 11) is 0. The van der Waals surface area contributed by atoms with Crippen molar-refractivity contribution in [2.24, 2.45) is 5.92 Å². The molecule has 0 bridgehead atoms. The molecule has 8 heteroatoms. The van der Waals surface area contributed by atoms with Crippen LogP contribution in [0.25, 0.3) is 0 Å². The molecule has 1 aliphatic heterocycles. The van der Waals surface area contributed by atoms with E-state index >= 15 is 0 Å². The van der Waals surface area contributed by atoms with Crippen LogP contribution in [0.1, 0.15) is 50.7 Å². The fourth-order valence-corrected chi connectivity index (χ4v) is 4.63. The van der Waals surface area contributed by atoms with E-state index in [-0.39, 0.29) is 12.6 Å². The van der Waals surface area contributed by atoms with Crippen molar-refractivity contribution in [1.82, 2.24) is 0 Å². The van der Waals surface area contributed by atoms with Gasteiger partial charge in [-0.25, -0.2) is 4.79 Å². The number of amides is 1. The molecule has 0 saturated heterocycles. The van der Waals surface area contributed by atoms with Crippen molar-refractivity contribution in [2.45, 2.75) is 33.1 Å². The first-order valence-electron chi connectivity index (χ1n) is 9.44. The molecule has 0 unspecified atom stereocenters. The highest BCUT2D eigenvalue weighted by Gasteiger charge is 2.23. The van der Waals surface area contributed by atoms with E-state index in [1.807, 2.05) is 6.07 Å². The maximum atomic E-state index is 12.3. The number of esters is 1. The summed E-state index contributed by atoms with van der Waals surface area (Å²) in [5, 5.41) is 2.61. The van der Waals surface area contributed by atoms with E-state index in [9.17, 15) is 14.4 Å². The van der Waals surface area contributed by atoms with Gasteiger partial charge in [0.1, 0.15) is 4.88 Å². The molecule has 2 aliphatic rings. The van der Waals surface area contributed by atoms with Gasteiger partial charge in [0.15, 0.2) is 23.9 Å². The molecular formula is C21H21NO6S. The molecular weight excluding hydrogens is 394 g/mol. The van der Waals surface area contributed by atoms with Crippen LogP contribution in [0, 0.1) is 5.92 Å². The number of fused-ring (bicyclic) bond motifs is 2. The van der Waals surface area contributed by atoms with Crippen LogP contribution in [0.3, 0.4) is 0 Å². The maximum absolute atomic E-state index is 12.3. The molecule has 0 saturated carbocycles. The molecule has 1 aromatic carbocycles. The fourth-order valence-electron chi connectivity index (χ4n) is 3.53. The lowest BCUT2D eigenvalue weighted by atomic mass is 9.90. The van der Waals surface area contributed by atoms with Crippen LogP contribution in [-0.2, 0) is 22.4 Å². The smallest absolute Gasteiger partial charge is 0.348 e. The first kappa shape index (κ1) is 19.4. The number of Topliss-reactive ketones (excluding diaryl/α,β-unsaturated/α-hetero) is 1. The van der Waals surface area contributed by atoms with Crippen LogP contribution in [0.5, 0.6) is 11.5 Å². The number of benzene rings is 1. The molecule has 0 spiro atoms. The summed E-state index contributed by atoms with van der Waals surface area (Å²) in [5.41, 5.74) is 1.80. The summed E-state index contributed by atoms with van der Waals surface area (Å²) in [4.78, 5) is 38.3. The average Bonchev–Trinajstić information content (AvgIpc) is 3.31. The van der Waals surface area contributed by atoms with Gasteiger partial charge < -0.3 is 19.5 Å². The summed E-state index contributed by atoms with van der Waals surface area (Å²) in [6.45, 7) is 3.22. The zero-order valence-corrected chi connectivity index (χ0v) is 17.0. The zero-order valence-electron chi connectivity index (χ0n) is 16.2. The van der Waals surface area contributed by atoms with Gasteiger partial charge in [0.05, 0.1) is 5.69 Å². The van der Waals surface area contributed by atoms with E-state index in [4.69, 9.17) is 14.2 Å². The molecule has 1 atom stereocenters. The lowest BCUT2D eigenvalue weighted by Gasteiger charge is -2.16. The minimum atomic E-state index is -0.533. The second-order valence-corrected chi connectivity index (χ2v) is 8.48. The van der Waals surface area contributed by atoms with Crippen molar-refractivity contribution in [3.63, 3.8) is 0 Å². The third kappa shape index (κ3) is 4.12. The van der Waals surface area contributed by atoms with E-state index in [0.29, 0.717) is 33.5 Å². The van der Waals surface area contributed by atoms with Crippen molar-refractivity contribution < 1.29 is 28.6 Å². The lowest BCUT2D eigenvalue weighted by Crippen LogP contribution is -2.21. The van der Waals surface area contributed by atoms with Gasteiger partial charge in [-0.2, -0.15) is 0 Å². The Labute approximate surface area is 172 Å². The predicted molar refractivity (Wildman–Crippen MR) is 107 cm³/mol. The highest BCUT2D eigenvalue weighted by molar-refractivity contribution is 7.14. The SMILES string of the molecule is CC(=O)c1cc2c(cc1NC(=O)COC(=O)c1cc3c(s1)CC[C@H](C)C3)OCO2. The highest BCUT2D eigenvalue weighted by Crippen LogP contribution is 2.37. The third-order valence-electron chi connectivity index (χ3n) is 5.03. The summed E-state index contributed by atoms with van der Waals surface area (Å²) < 4.78 is 15.7. The number of ketones is 1. The van der Waals surface area contributed by atoms with Gasteiger partial charge in [-0.1, -0.05) is 6.92 Å². The Kier molecular flexibility index (Phi) is 5.27. The number of carbonyl (C=O) groups excluding carboxylic acids is 3. The van der Waals surface area contributed by atoms with Crippen LogP contribution in [0.4, 0.5) is 5.69 Å². The number of carbonyl (C=O) groups is 3. The van der Waals surface area contributed by atoms with Gasteiger partial charge >= 0.3 is 5.97 Å². The van der Waals surface area contributed by atoms with Gasteiger partial charge in [-0.15, -0.1) is 11.3 Å². The summed E-state index contributed by atoms with van der Waals surface area (Å²) in [5.74, 6) is 0.244. The Morgan fingerprint density at radius 3 is 2.72 bits per heavy atom. The van der Waals surface area contributed by atoms with E-state index < -0.39 is 18.5 Å². The van der Waals surface area contributed by atoms with E-state index in [1.54, 1.807) is 0 Å². The van der Waals surface area contributed by atoms with Crippen molar-refractivity contribution in [1.29, 1.82) is 0 Å². The van der Waals surface area contributed by atoms with E-state index in [0.717, 1.165) is 19.3 Å². The van der Waals surface area contributed by atoms with Crippen molar-refractivity contribution >= 4 is 34.7 Å². The van der Waals surface area contributed by atoms with Gasteiger partial charge in [0, 0.05) is 16.5 Å². The molecule has 1 amide bonds. The first-order chi connectivity index (χ1) is 13.9. The van der Waals surface area contributed by atoms with Crippen molar-refractivity contribution in [2.75, 3.05) is 18.7 Å². The maximum Gasteiger partial charge on any atom is 0.348 e. The minimum Gasteiger partial charge on any atom is -0.454 e. The largest absolute Gasteiger partial charge is 0.454 e. The molecule has 1 aliphatic carbocycles. The van der Waals surface area contributed by atoms with E-state index in [2.05, 4.69) is 12.2 Å². The Morgan fingerprint density at radius 2 is 1.97 bits per heavy atom. The van der Waals surface area contributed by atoms with Crippen LogP contribution >= 0.6 is 11.3 Å². The number of hydrogen-bond donors (Lipinski definition) is 1. The number of rotatable bonds is 5. The molecule has 0 fully saturated rings. The van der Waals surface area contributed by atoms with Gasteiger partial charge in [-0.3, -0.25) is 9.59 Å². The van der Waals surface area contributed by atoms with Crippen LogP contribution < -0.4 is 14.8 Å². The number of thiophene rings is 1.